The number of aryl methyl sites for hydroxylation is 2. The van der Waals surface area contributed by atoms with E-state index < -0.39 is 5.91 Å². The molecule has 0 spiro atoms. The van der Waals surface area contributed by atoms with Gasteiger partial charge in [-0.2, -0.15) is 5.10 Å². The molecular formula is C23H26N6O2. The van der Waals surface area contributed by atoms with Crippen molar-refractivity contribution in [2.75, 3.05) is 23.3 Å². The molecule has 8 nitrogen and oxygen atoms in total. The molecule has 0 bridgehead atoms. The molecule has 1 unspecified atom stereocenters. The van der Waals surface area contributed by atoms with Gasteiger partial charge in [0.05, 0.1) is 11.6 Å². The van der Waals surface area contributed by atoms with Crippen molar-refractivity contribution in [3.05, 3.63) is 53.5 Å². The zero-order valence-electron chi connectivity index (χ0n) is 17.4. The number of nitrogens with two attached hydrogens (primary N) is 1. The maximum Gasteiger partial charge on any atom is 0.248 e. The van der Waals surface area contributed by atoms with E-state index in [4.69, 9.17) is 15.8 Å². The first kappa shape index (κ1) is 19.5. The number of carbonyl (C=O) groups excluding carboxylic acids is 2. The molecule has 1 saturated heterocycles. The largest absolute Gasteiger partial charge is 0.366 e. The van der Waals surface area contributed by atoms with Crippen LogP contribution >= 0.6 is 0 Å². The van der Waals surface area contributed by atoms with Crippen molar-refractivity contribution >= 4 is 28.8 Å². The number of benzene rings is 1. The van der Waals surface area contributed by atoms with Gasteiger partial charge in [-0.1, -0.05) is 0 Å². The summed E-state index contributed by atoms with van der Waals surface area (Å²) < 4.78 is 1.96. The van der Waals surface area contributed by atoms with Gasteiger partial charge < -0.3 is 16.0 Å². The number of rotatable bonds is 4. The van der Waals surface area contributed by atoms with Crippen molar-refractivity contribution in [2.24, 2.45) is 11.7 Å². The number of hydrogen-bond donors (Lipinski definition) is 2. The van der Waals surface area contributed by atoms with Crippen molar-refractivity contribution in [3.8, 4) is 0 Å². The molecule has 3 heterocycles. The fraction of sp³-hybridized carbons (Fsp3) is 0.391. The van der Waals surface area contributed by atoms with Crippen molar-refractivity contribution in [3.63, 3.8) is 0 Å². The SMILES string of the molecule is NC(=O)c1ccc(NC(=O)C2CCCN(c3nccn4nc5c(c34)CCCC5)C2)cc1. The van der Waals surface area contributed by atoms with E-state index in [1.807, 2.05) is 10.7 Å². The Morgan fingerprint density at radius 3 is 2.71 bits per heavy atom. The quantitative estimate of drug-likeness (QED) is 0.677. The molecule has 3 N–H and O–H groups in total. The number of piperidine rings is 1. The Labute approximate surface area is 180 Å². The molecule has 160 valence electrons. The Hall–Kier alpha value is -3.42. The molecule has 2 amide bonds. The van der Waals surface area contributed by atoms with E-state index in [9.17, 15) is 9.59 Å². The molecule has 5 rings (SSSR count). The lowest BCUT2D eigenvalue weighted by molar-refractivity contribution is -0.120. The van der Waals surface area contributed by atoms with Crippen LogP contribution in [0.25, 0.3) is 5.52 Å². The first-order chi connectivity index (χ1) is 15.1. The highest BCUT2D eigenvalue weighted by molar-refractivity contribution is 5.95. The molecule has 2 aromatic heterocycles. The third-order valence-electron chi connectivity index (χ3n) is 6.33. The molecule has 31 heavy (non-hydrogen) atoms. The highest BCUT2D eigenvalue weighted by Crippen LogP contribution is 2.32. The Bertz CT molecular complexity index is 1140. The molecule has 1 atom stereocenters. The zero-order chi connectivity index (χ0) is 21.4. The number of carbonyl (C=O) groups is 2. The van der Waals surface area contributed by atoms with Crippen LogP contribution in [0, 0.1) is 5.92 Å². The van der Waals surface area contributed by atoms with Crippen LogP contribution < -0.4 is 16.0 Å². The second-order valence-electron chi connectivity index (χ2n) is 8.39. The van der Waals surface area contributed by atoms with Gasteiger partial charge in [0, 0.05) is 42.3 Å². The zero-order valence-corrected chi connectivity index (χ0v) is 17.4. The minimum atomic E-state index is -0.482. The fourth-order valence-corrected chi connectivity index (χ4v) is 4.72. The van der Waals surface area contributed by atoms with Gasteiger partial charge >= 0.3 is 0 Å². The monoisotopic (exact) mass is 418 g/mol. The van der Waals surface area contributed by atoms with Crippen molar-refractivity contribution in [1.82, 2.24) is 14.6 Å². The normalized spacial score (nSPS) is 18.6. The smallest absolute Gasteiger partial charge is 0.248 e. The molecule has 0 radical (unpaired) electrons. The number of primary amides is 1. The average Bonchev–Trinajstić information content (AvgIpc) is 3.18. The Morgan fingerprint density at radius 2 is 1.90 bits per heavy atom. The Kier molecular flexibility index (Phi) is 5.05. The minimum Gasteiger partial charge on any atom is -0.366 e. The predicted molar refractivity (Wildman–Crippen MR) is 118 cm³/mol. The van der Waals surface area contributed by atoms with Crippen LogP contribution in [0.3, 0.4) is 0 Å². The number of fused-ring (bicyclic) bond motifs is 3. The molecule has 8 heteroatoms. The summed E-state index contributed by atoms with van der Waals surface area (Å²) in [5, 5.41) is 7.75. The summed E-state index contributed by atoms with van der Waals surface area (Å²) in [5.41, 5.74) is 9.97. The molecule has 1 aromatic carbocycles. The van der Waals surface area contributed by atoms with E-state index in [1.165, 1.54) is 24.1 Å². The molecule has 2 aliphatic rings. The molecule has 0 saturated carbocycles. The lowest BCUT2D eigenvalue weighted by Crippen LogP contribution is -2.41. The summed E-state index contributed by atoms with van der Waals surface area (Å²) in [7, 11) is 0. The van der Waals surface area contributed by atoms with Crippen LogP contribution in [0.2, 0.25) is 0 Å². The highest BCUT2D eigenvalue weighted by Gasteiger charge is 2.29. The highest BCUT2D eigenvalue weighted by atomic mass is 16.2. The van der Waals surface area contributed by atoms with Gasteiger partial charge in [0.1, 0.15) is 5.52 Å². The van der Waals surface area contributed by atoms with E-state index in [0.717, 1.165) is 43.6 Å². The van der Waals surface area contributed by atoms with Crippen LogP contribution in [-0.4, -0.2) is 39.5 Å². The number of nitrogens with one attached hydrogen (secondary N) is 1. The summed E-state index contributed by atoms with van der Waals surface area (Å²) >= 11 is 0. The number of hydrogen-bond acceptors (Lipinski definition) is 5. The average molecular weight is 419 g/mol. The van der Waals surface area contributed by atoms with E-state index in [-0.39, 0.29) is 11.8 Å². The molecular weight excluding hydrogens is 392 g/mol. The van der Waals surface area contributed by atoms with Crippen LogP contribution in [0.1, 0.15) is 47.3 Å². The molecule has 3 aromatic rings. The second kappa shape index (κ2) is 8.02. The van der Waals surface area contributed by atoms with Gasteiger partial charge in [-0.25, -0.2) is 9.50 Å². The first-order valence-corrected chi connectivity index (χ1v) is 10.9. The van der Waals surface area contributed by atoms with Gasteiger partial charge in [-0.3, -0.25) is 9.59 Å². The first-order valence-electron chi connectivity index (χ1n) is 10.9. The molecule has 1 aliphatic heterocycles. The summed E-state index contributed by atoms with van der Waals surface area (Å²) in [6.45, 7) is 1.50. The number of anilines is 2. The third-order valence-corrected chi connectivity index (χ3v) is 6.33. The van der Waals surface area contributed by atoms with Crippen LogP contribution in [0.15, 0.2) is 36.7 Å². The number of nitrogens with zero attached hydrogens (tertiary/aromatic N) is 4. The fourth-order valence-electron chi connectivity index (χ4n) is 4.72. The van der Waals surface area contributed by atoms with Crippen LogP contribution in [0.4, 0.5) is 11.5 Å². The van der Waals surface area contributed by atoms with Gasteiger partial charge in [0.25, 0.3) is 0 Å². The number of aromatic nitrogens is 3. The van der Waals surface area contributed by atoms with Gasteiger partial charge in [-0.05, 0) is 62.8 Å². The van der Waals surface area contributed by atoms with Crippen molar-refractivity contribution in [1.29, 1.82) is 0 Å². The molecule has 1 aliphatic carbocycles. The Morgan fingerprint density at radius 1 is 1.10 bits per heavy atom. The minimum absolute atomic E-state index is 0.0148. The predicted octanol–water partition coefficient (Wildman–Crippen LogP) is 2.56. The van der Waals surface area contributed by atoms with Crippen molar-refractivity contribution in [2.45, 2.75) is 38.5 Å². The van der Waals surface area contributed by atoms with E-state index in [2.05, 4.69) is 10.2 Å². The van der Waals surface area contributed by atoms with Gasteiger partial charge in [0.2, 0.25) is 11.8 Å². The number of amides is 2. The Balaban J connectivity index is 1.35. The summed E-state index contributed by atoms with van der Waals surface area (Å²) in [6, 6.07) is 6.66. The maximum absolute atomic E-state index is 12.9. The van der Waals surface area contributed by atoms with E-state index >= 15 is 0 Å². The standard InChI is InChI=1S/C23H26N6O2/c24-21(30)15-7-9-17(10-8-15)26-23(31)16-4-3-12-28(14-16)22-20-18-5-1-2-6-19(18)27-29(20)13-11-25-22/h7-11,13,16H,1-6,12,14H2,(H2,24,30)(H,26,31). The topological polar surface area (TPSA) is 106 Å². The summed E-state index contributed by atoms with van der Waals surface area (Å²) in [5.74, 6) is 0.301. The third kappa shape index (κ3) is 3.73. The molecule has 1 fully saturated rings. The van der Waals surface area contributed by atoms with E-state index in [0.29, 0.717) is 17.8 Å². The van der Waals surface area contributed by atoms with E-state index in [1.54, 1.807) is 30.5 Å². The lowest BCUT2D eigenvalue weighted by Gasteiger charge is -2.33. The summed E-state index contributed by atoms with van der Waals surface area (Å²) in [6.07, 6.45) is 9.91. The van der Waals surface area contributed by atoms with Crippen LogP contribution in [-0.2, 0) is 17.6 Å². The van der Waals surface area contributed by atoms with Gasteiger partial charge in [-0.15, -0.1) is 0 Å². The lowest BCUT2D eigenvalue weighted by atomic mass is 9.95. The summed E-state index contributed by atoms with van der Waals surface area (Å²) in [4.78, 5) is 31.1. The maximum atomic E-state index is 12.9. The van der Waals surface area contributed by atoms with Crippen molar-refractivity contribution < 1.29 is 9.59 Å². The second-order valence-corrected chi connectivity index (χ2v) is 8.39. The van der Waals surface area contributed by atoms with Crippen LogP contribution in [0.5, 0.6) is 0 Å². The van der Waals surface area contributed by atoms with Gasteiger partial charge in [0.15, 0.2) is 5.82 Å².